The molecule has 1 fully saturated rings. The maximum Gasteiger partial charge on any atom is 0.225 e. The Morgan fingerprint density at radius 2 is 1.71 bits per heavy atom. The van der Waals surface area contributed by atoms with E-state index in [1.807, 2.05) is 37.3 Å². The molecule has 1 nitrogen and oxygen atoms in total. The molecule has 0 bridgehead atoms. The number of hydrogen-bond donors (Lipinski definition) is 0. The van der Waals surface area contributed by atoms with Crippen molar-refractivity contribution in [3.8, 4) is 0 Å². The summed E-state index contributed by atoms with van der Waals surface area (Å²) < 4.78 is 4.04. The van der Waals surface area contributed by atoms with Gasteiger partial charge in [-0.15, -0.1) is 0 Å². The largest absolute Gasteiger partial charge is 0.357 e. The van der Waals surface area contributed by atoms with Crippen LogP contribution in [-0.2, 0) is 10.3 Å². The Morgan fingerprint density at radius 1 is 1.21 bits per heavy atom. The molecule has 1 aromatic carbocycles. The zero-order valence-corrected chi connectivity index (χ0v) is 9.77. The molecule has 1 aliphatic heterocycles. The summed E-state index contributed by atoms with van der Waals surface area (Å²) in [6, 6.07) is 9.54. The van der Waals surface area contributed by atoms with Crippen LogP contribution in [0.25, 0.3) is 0 Å². The van der Waals surface area contributed by atoms with Crippen molar-refractivity contribution >= 4 is 34.8 Å². The van der Waals surface area contributed by atoms with Gasteiger partial charge < -0.3 is 4.74 Å². The van der Waals surface area contributed by atoms with E-state index in [0.29, 0.717) is 0 Å². The minimum atomic E-state index is -1.42. The lowest BCUT2D eigenvalue weighted by Crippen LogP contribution is -2.29. The molecule has 0 radical (unpaired) electrons. The summed E-state index contributed by atoms with van der Waals surface area (Å²) in [6.45, 7) is 1.90. The van der Waals surface area contributed by atoms with Gasteiger partial charge in [0.15, 0.2) is 5.60 Å². The average molecular weight is 252 g/mol. The molecule has 0 aromatic heterocycles. The third-order valence-electron chi connectivity index (χ3n) is 2.50. The molecule has 1 aromatic rings. The standard InChI is InChI=1S/C10H9Cl3O/c1-7-9(14-7,10(11,12)13)8-5-3-2-4-6-8/h2-7H,1H3. The number of epoxide rings is 1. The molecule has 1 heterocycles. The Labute approximate surface area is 97.9 Å². The molecule has 1 saturated heterocycles. The van der Waals surface area contributed by atoms with Crippen LogP contribution in [0.1, 0.15) is 12.5 Å². The maximum absolute atomic E-state index is 5.92. The third kappa shape index (κ3) is 1.43. The van der Waals surface area contributed by atoms with Crippen molar-refractivity contribution in [2.75, 3.05) is 0 Å². The summed E-state index contributed by atoms with van der Waals surface area (Å²) in [5.41, 5.74) is 0.145. The normalized spacial score (nSPS) is 31.6. The minimum absolute atomic E-state index is 0.0580. The average Bonchev–Trinajstić information content (AvgIpc) is 2.79. The van der Waals surface area contributed by atoms with Gasteiger partial charge in [-0.1, -0.05) is 65.1 Å². The number of alkyl halides is 3. The summed E-state index contributed by atoms with van der Waals surface area (Å²) in [5.74, 6) is 0. The summed E-state index contributed by atoms with van der Waals surface area (Å²) in [4.78, 5) is 0. The highest BCUT2D eigenvalue weighted by Crippen LogP contribution is 2.60. The van der Waals surface area contributed by atoms with Crippen LogP contribution in [0.4, 0.5) is 0 Å². The Kier molecular flexibility index (Phi) is 2.47. The fourth-order valence-electron chi connectivity index (χ4n) is 1.69. The molecule has 2 unspecified atom stereocenters. The van der Waals surface area contributed by atoms with E-state index in [1.165, 1.54) is 0 Å². The van der Waals surface area contributed by atoms with Gasteiger partial charge in [-0.3, -0.25) is 0 Å². The van der Waals surface area contributed by atoms with Gasteiger partial charge >= 0.3 is 0 Å². The number of hydrogen-bond acceptors (Lipinski definition) is 1. The molecule has 0 aliphatic carbocycles. The Bertz CT molecular complexity index is 333. The van der Waals surface area contributed by atoms with Gasteiger partial charge in [0.05, 0.1) is 6.10 Å². The first-order valence-corrected chi connectivity index (χ1v) is 5.42. The lowest BCUT2D eigenvalue weighted by molar-refractivity contribution is 0.301. The molecular formula is C10H9Cl3O. The van der Waals surface area contributed by atoms with Crippen LogP contribution < -0.4 is 0 Å². The molecule has 1 aliphatic rings. The molecule has 76 valence electrons. The smallest absolute Gasteiger partial charge is 0.225 e. The quantitative estimate of drug-likeness (QED) is 0.548. The van der Waals surface area contributed by atoms with E-state index in [2.05, 4.69) is 0 Å². The number of rotatable bonds is 1. The van der Waals surface area contributed by atoms with E-state index < -0.39 is 9.39 Å². The lowest BCUT2D eigenvalue weighted by Gasteiger charge is -2.21. The highest BCUT2D eigenvalue weighted by molar-refractivity contribution is 6.68. The van der Waals surface area contributed by atoms with Gasteiger partial charge in [0, 0.05) is 0 Å². The van der Waals surface area contributed by atoms with Crippen LogP contribution in [-0.4, -0.2) is 9.90 Å². The Hall–Kier alpha value is 0.0500. The monoisotopic (exact) mass is 250 g/mol. The summed E-state index contributed by atoms with van der Waals surface area (Å²) in [7, 11) is 0. The van der Waals surface area contributed by atoms with Crippen molar-refractivity contribution in [2.45, 2.75) is 22.4 Å². The summed E-state index contributed by atoms with van der Waals surface area (Å²) in [6.07, 6.45) is -0.0580. The Balaban J connectivity index is 2.42. The van der Waals surface area contributed by atoms with Crippen molar-refractivity contribution in [3.05, 3.63) is 35.9 Å². The van der Waals surface area contributed by atoms with Gasteiger partial charge in [-0.05, 0) is 12.5 Å². The van der Waals surface area contributed by atoms with E-state index in [0.717, 1.165) is 5.56 Å². The van der Waals surface area contributed by atoms with Crippen molar-refractivity contribution in [1.29, 1.82) is 0 Å². The first-order valence-electron chi connectivity index (χ1n) is 4.28. The van der Waals surface area contributed by atoms with Crippen LogP contribution in [0, 0.1) is 0 Å². The molecular weight excluding hydrogens is 242 g/mol. The highest BCUT2D eigenvalue weighted by Gasteiger charge is 2.67. The second-order valence-electron chi connectivity index (χ2n) is 3.36. The first kappa shape index (κ1) is 10.6. The highest BCUT2D eigenvalue weighted by atomic mass is 35.6. The topological polar surface area (TPSA) is 12.5 Å². The minimum Gasteiger partial charge on any atom is -0.357 e. The van der Waals surface area contributed by atoms with Gasteiger partial charge in [-0.25, -0.2) is 0 Å². The van der Waals surface area contributed by atoms with E-state index in [-0.39, 0.29) is 6.10 Å². The summed E-state index contributed by atoms with van der Waals surface area (Å²) in [5, 5.41) is 0. The Morgan fingerprint density at radius 3 is 2.07 bits per heavy atom. The molecule has 2 atom stereocenters. The zero-order valence-electron chi connectivity index (χ0n) is 7.51. The molecule has 0 spiro atoms. The van der Waals surface area contributed by atoms with Crippen molar-refractivity contribution in [1.82, 2.24) is 0 Å². The van der Waals surface area contributed by atoms with E-state index in [1.54, 1.807) is 0 Å². The predicted octanol–water partition coefficient (Wildman–Crippen LogP) is 3.67. The lowest BCUT2D eigenvalue weighted by atomic mass is 9.97. The fraction of sp³-hybridized carbons (Fsp3) is 0.400. The number of benzene rings is 1. The molecule has 0 N–H and O–H groups in total. The summed E-state index contributed by atoms with van der Waals surface area (Å²) >= 11 is 17.8. The van der Waals surface area contributed by atoms with Gasteiger partial charge in [0.2, 0.25) is 3.79 Å². The van der Waals surface area contributed by atoms with Gasteiger partial charge in [0.1, 0.15) is 0 Å². The van der Waals surface area contributed by atoms with Crippen LogP contribution >= 0.6 is 34.8 Å². The van der Waals surface area contributed by atoms with Gasteiger partial charge in [0.25, 0.3) is 0 Å². The molecule has 0 amide bonds. The van der Waals surface area contributed by atoms with Crippen LogP contribution in [0.2, 0.25) is 0 Å². The van der Waals surface area contributed by atoms with E-state index in [4.69, 9.17) is 39.5 Å². The van der Waals surface area contributed by atoms with Crippen molar-refractivity contribution < 1.29 is 4.74 Å². The molecule has 14 heavy (non-hydrogen) atoms. The number of halogens is 3. The van der Waals surface area contributed by atoms with Crippen LogP contribution in [0.15, 0.2) is 30.3 Å². The van der Waals surface area contributed by atoms with E-state index in [9.17, 15) is 0 Å². The fourth-order valence-corrected chi connectivity index (χ4v) is 2.62. The van der Waals surface area contributed by atoms with Crippen LogP contribution in [0.3, 0.4) is 0 Å². The predicted molar refractivity (Wildman–Crippen MR) is 59.0 cm³/mol. The second-order valence-corrected chi connectivity index (χ2v) is 5.64. The van der Waals surface area contributed by atoms with Crippen molar-refractivity contribution in [3.63, 3.8) is 0 Å². The van der Waals surface area contributed by atoms with Gasteiger partial charge in [-0.2, -0.15) is 0 Å². The SMILES string of the molecule is CC1OC1(c1ccccc1)C(Cl)(Cl)Cl. The van der Waals surface area contributed by atoms with E-state index >= 15 is 0 Å². The molecule has 0 saturated carbocycles. The molecule has 2 rings (SSSR count). The maximum atomic E-state index is 5.92. The first-order chi connectivity index (χ1) is 6.48. The number of ether oxygens (including phenoxy) is 1. The zero-order chi connectivity index (χ0) is 10.4. The van der Waals surface area contributed by atoms with Crippen LogP contribution in [0.5, 0.6) is 0 Å². The van der Waals surface area contributed by atoms with Crippen molar-refractivity contribution in [2.24, 2.45) is 0 Å². The second kappa shape index (κ2) is 3.28. The third-order valence-corrected chi connectivity index (χ3v) is 3.34. The molecule has 4 heteroatoms.